The molecule has 0 fully saturated rings. The van der Waals surface area contributed by atoms with E-state index in [2.05, 4.69) is 0 Å². The van der Waals surface area contributed by atoms with Gasteiger partial charge in [0.1, 0.15) is 6.54 Å². The highest BCUT2D eigenvalue weighted by molar-refractivity contribution is 7.09. The van der Waals surface area contributed by atoms with Gasteiger partial charge >= 0.3 is 0 Å². The molecule has 162 valence electrons. The Balaban J connectivity index is 1.83. The van der Waals surface area contributed by atoms with Gasteiger partial charge in [-0.3, -0.25) is 9.59 Å². The van der Waals surface area contributed by atoms with Crippen molar-refractivity contribution in [1.29, 1.82) is 0 Å². The van der Waals surface area contributed by atoms with Gasteiger partial charge < -0.3 is 9.80 Å². The van der Waals surface area contributed by atoms with Crippen molar-refractivity contribution in [2.75, 3.05) is 6.54 Å². The van der Waals surface area contributed by atoms with Crippen LogP contribution in [0.3, 0.4) is 0 Å². The zero-order valence-corrected chi connectivity index (χ0v) is 19.3. The van der Waals surface area contributed by atoms with Crippen LogP contribution in [-0.4, -0.2) is 34.2 Å². The van der Waals surface area contributed by atoms with Gasteiger partial charge in [0, 0.05) is 23.0 Å². The van der Waals surface area contributed by atoms with Gasteiger partial charge in [0.05, 0.1) is 6.54 Å². The number of thiophene rings is 1. The first-order valence-corrected chi connectivity index (χ1v) is 11.6. The number of carbonyl (C=O) groups excluding carboxylic acids is 2. The molecule has 31 heavy (non-hydrogen) atoms. The highest BCUT2D eigenvalue weighted by atomic mass is 32.1. The Morgan fingerprint density at radius 1 is 0.935 bits per heavy atom. The summed E-state index contributed by atoms with van der Waals surface area (Å²) in [6.07, 6.45) is 0.786. The normalized spacial score (nSPS) is 11.7. The van der Waals surface area contributed by atoms with Crippen LogP contribution in [0.25, 0.3) is 0 Å². The van der Waals surface area contributed by atoms with Crippen LogP contribution in [0.15, 0.2) is 72.1 Å². The Bertz CT molecular complexity index is 986. The average molecular weight is 435 g/mol. The third-order valence-corrected chi connectivity index (χ3v) is 6.42. The molecule has 3 aromatic rings. The van der Waals surface area contributed by atoms with Crippen molar-refractivity contribution in [2.45, 2.75) is 46.3 Å². The van der Waals surface area contributed by atoms with Crippen molar-refractivity contribution >= 4 is 23.2 Å². The fraction of sp³-hybridized carbons (Fsp3) is 0.308. The summed E-state index contributed by atoms with van der Waals surface area (Å²) < 4.78 is 0. The number of nitrogens with zero attached hydrogens (tertiary/aromatic N) is 2. The van der Waals surface area contributed by atoms with Crippen LogP contribution in [0.2, 0.25) is 0 Å². The maximum absolute atomic E-state index is 13.5. The van der Waals surface area contributed by atoms with Gasteiger partial charge in [-0.15, -0.1) is 11.3 Å². The van der Waals surface area contributed by atoms with Gasteiger partial charge in [0.2, 0.25) is 5.91 Å². The average Bonchev–Trinajstić information content (AvgIpc) is 3.30. The quantitative estimate of drug-likeness (QED) is 0.444. The van der Waals surface area contributed by atoms with E-state index in [4.69, 9.17) is 0 Å². The summed E-state index contributed by atoms with van der Waals surface area (Å²) in [5.74, 6) is -0.129. The van der Waals surface area contributed by atoms with Gasteiger partial charge in [0.15, 0.2) is 0 Å². The second-order valence-corrected chi connectivity index (χ2v) is 8.85. The first-order valence-electron chi connectivity index (χ1n) is 10.7. The Kier molecular flexibility index (Phi) is 8.01. The number of carbonyl (C=O) groups is 2. The number of benzene rings is 2. The van der Waals surface area contributed by atoms with E-state index in [9.17, 15) is 9.59 Å². The van der Waals surface area contributed by atoms with E-state index in [1.54, 1.807) is 16.2 Å². The molecule has 0 radical (unpaired) electrons. The summed E-state index contributed by atoms with van der Waals surface area (Å²) >= 11 is 1.64. The van der Waals surface area contributed by atoms with E-state index in [0.29, 0.717) is 18.7 Å². The monoisotopic (exact) mass is 434 g/mol. The number of hydrogen-bond acceptors (Lipinski definition) is 3. The first kappa shape index (κ1) is 22.8. The van der Waals surface area contributed by atoms with Gasteiger partial charge in [0.25, 0.3) is 5.91 Å². The number of rotatable bonds is 9. The fourth-order valence-corrected chi connectivity index (χ4v) is 4.21. The standard InChI is InChI=1S/C26H30N2O2S/c1-4-21(3)28(26(30)24-15-9-8-11-20(24)2)19-25(29)27(18-23-14-10-16-31-23)17-22-12-6-5-7-13-22/h5-16,21H,4,17-19H2,1-3H3. The molecule has 1 unspecified atom stereocenters. The molecular formula is C26H30N2O2S. The summed E-state index contributed by atoms with van der Waals surface area (Å²) in [5, 5.41) is 2.02. The molecule has 0 aliphatic heterocycles. The Morgan fingerprint density at radius 2 is 1.65 bits per heavy atom. The molecule has 0 bridgehead atoms. The van der Waals surface area contributed by atoms with Crippen molar-refractivity contribution in [3.05, 3.63) is 93.7 Å². The number of hydrogen-bond donors (Lipinski definition) is 0. The molecule has 0 aliphatic rings. The summed E-state index contributed by atoms with van der Waals surface area (Å²) in [7, 11) is 0. The van der Waals surface area contributed by atoms with E-state index in [0.717, 1.165) is 22.4 Å². The largest absolute Gasteiger partial charge is 0.332 e. The van der Waals surface area contributed by atoms with Crippen molar-refractivity contribution in [3.8, 4) is 0 Å². The molecule has 2 aromatic carbocycles. The molecule has 4 nitrogen and oxygen atoms in total. The lowest BCUT2D eigenvalue weighted by molar-refractivity contribution is -0.133. The summed E-state index contributed by atoms with van der Waals surface area (Å²) in [6.45, 7) is 7.11. The zero-order chi connectivity index (χ0) is 22.2. The third-order valence-electron chi connectivity index (χ3n) is 5.56. The van der Waals surface area contributed by atoms with Crippen LogP contribution in [0.5, 0.6) is 0 Å². The van der Waals surface area contributed by atoms with E-state index in [1.807, 2.05) is 97.8 Å². The van der Waals surface area contributed by atoms with E-state index in [-0.39, 0.29) is 24.4 Å². The lowest BCUT2D eigenvalue weighted by Crippen LogP contribution is -2.46. The van der Waals surface area contributed by atoms with Crippen LogP contribution in [0, 0.1) is 6.92 Å². The lowest BCUT2D eigenvalue weighted by Gasteiger charge is -2.31. The minimum absolute atomic E-state index is 0.0311. The summed E-state index contributed by atoms with van der Waals surface area (Å²) in [6, 6.07) is 21.6. The molecule has 0 saturated carbocycles. The highest BCUT2D eigenvalue weighted by Crippen LogP contribution is 2.18. The van der Waals surface area contributed by atoms with Gasteiger partial charge in [-0.05, 0) is 48.9 Å². The van der Waals surface area contributed by atoms with Gasteiger partial charge in [-0.25, -0.2) is 0 Å². The highest BCUT2D eigenvalue weighted by Gasteiger charge is 2.26. The predicted octanol–water partition coefficient (Wildman–Crippen LogP) is 5.53. The number of aryl methyl sites for hydroxylation is 1. The van der Waals surface area contributed by atoms with Crippen molar-refractivity contribution in [2.24, 2.45) is 0 Å². The fourth-order valence-electron chi connectivity index (χ4n) is 3.49. The molecule has 3 rings (SSSR count). The predicted molar refractivity (Wildman–Crippen MR) is 127 cm³/mol. The topological polar surface area (TPSA) is 40.6 Å². The van der Waals surface area contributed by atoms with Crippen molar-refractivity contribution in [3.63, 3.8) is 0 Å². The second-order valence-electron chi connectivity index (χ2n) is 7.82. The summed E-state index contributed by atoms with van der Waals surface area (Å²) in [4.78, 5) is 31.5. The SMILES string of the molecule is CCC(C)N(CC(=O)N(Cc1ccccc1)Cc1cccs1)C(=O)c1ccccc1C. The van der Waals surface area contributed by atoms with Crippen molar-refractivity contribution in [1.82, 2.24) is 9.80 Å². The number of amides is 2. The first-order chi connectivity index (χ1) is 15.0. The van der Waals surface area contributed by atoms with E-state index >= 15 is 0 Å². The third kappa shape index (κ3) is 6.05. The molecule has 0 aliphatic carbocycles. The molecule has 0 saturated heterocycles. The maximum Gasteiger partial charge on any atom is 0.254 e. The van der Waals surface area contributed by atoms with Crippen molar-refractivity contribution < 1.29 is 9.59 Å². The second kappa shape index (κ2) is 10.9. The maximum atomic E-state index is 13.5. The van der Waals surface area contributed by atoms with E-state index in [1.165, 1.54) is 0 Å². The Labute approximate surface area is 189 Å². The van der Waals surface area contributed by atoms with Crippen LogP contribution < -0.4 is 0 Å². The molecule has 0 N–H and O–H groups in total. The molecule has 5 heteroatoms. The van der Waals surface area contributed by atoms with Crippen LogP contribution in [-0.2, 0) is 17.9 Å². The van der Waals surface area contributed by atoms with Crippen LogP contribution in [0.4, 0.5) is 0 Å². The smallest absolute Gasteiger partial charge is 0.254 e. The zero-order valence-electron chi connectivity index (χ0n) is 18.5. The Morgan fingerprint density at radius 3 is 2.29 bits per heavy atom. The van der Waals surface area contributed by atoms with E-state index < -0.39 is 0 Å². The van der Waals surface area contributed by atoms with Gasteiger partial charge in [-0.2, -0.15) is 0 Å². The summed E-state index contributed by atoms with van der Waals surface area (Å²) in [5.41, 5.74) is 2.66. The minimum atomic E-state index is -0.0865. The molecule has 1 atom stereocenters. The molecular weight excluding hydrogens is 404 g/mol. The van der Waals surface area contributed by atoms with Crippen LogP contribution >= 0.6 is 11.3 Å². The van der Waals surface area contributed by atoms with Crippen LogP contribution in [0.1, 0.15) is 46.6 Å². The molecule has 1 aromatic heterocycles. The molecule has 2 amide bonds. The Hall–Kier alpha value is -2.92. The van der Waals surface area contributed by atoms with Gasteiger partial charge in [-0.1, -0.05) is 61.5 Å². The minimum Gasteiger partial charge on any atom is -0.332 e. The lowest BCUT2D eigenvalue weighted by atomic mass is 10.1. The molecule has 0 spiro atoms. The molecule has 1 heterocycles.